The number of aliphatic hydroxyl groups is 1. The molecule has 0 bridgehead atoms. The van der Waals surface area contributed by atoms with E-state index in [1.807, 2.05) is 17.9 Å². The Labute approximate surface area is 174 Å². The van der Waals surface area contributed by atoms with Gasteiger partial charge in [-0.05, 0) is 99.0 Å². The monoisotopic (exact) mass is 396 g/mol. The smallest absolute Gasteiger partial charge is 0.165 e. The van der Waals surface area contributed by atoms with Crippen LogP contribution in [0, 0.1) is 41.4 Å². The summed E-state index contributed by atoms with van der Waals surface area (Å²) in [5.41, 5.74) is 3.42. The van der Waals surface area contributed by atoms with Crippen molar-refractivity contribution in [1.82, 2.24) is 9.78 Å². The molecule has 0 spiro atoms. The summed E-state index contributed by atoms with van der Waals surface area (Å²) in [4.78, 5) is 13.5. The minimum Gasteiger partial charge on any atom is -0.393 e. The van der Waals surface area contributed by atoms with Crippen LogP contribution in [0.25, 0.3) is 6.08 Å². The quantitative estimate of drug-likeness (QED) is 0.701. The normalized spacial score (nSPS) is 45.8. The molecule has 158 valence electrons. The molecule has 0 aliphatic heterocycles. The molecule has 4 fully saturated rings. The maximum Gasteiger partial charge on any atom is 0.165 e. The van der Waals surface area contributed by atoms with Crippen LogP contribution in [-0.4, -0.2) is 26.8 Å². The molecule has 1 N–H and O–H groups in total. The largest absolute Gasteiger partial charge is 0.393 e. The van der Waals surface area contributed by atoms with Gasteiger partial charge in [-0.15, -0.1) is 0 Å². The second-order valence-corrected chi connectivity index (χ2v) is 11.1. The van der Waals surface area contributed by atoms with E-state index in [1.165, 1.54) is 19.3 Å². The van der Waals surface area contributed by atoms with Gasteiger partial charge in [0, 0.05) is 23.7 Å². The number of allylic oxidation sites excluding steroid dienone is 1. The molecule has 4 saturated carbocycles. The molecule has 1 heterocycles. The first-order chi connectivity index (χ1) is 13.7. The fraction of sp³-hybridized carbons (Fsp3) is 0.760. The number of aryl methyl sites for hydroxylation is 1. The van der Waals surface area contributed by atoms with Crippen molar-refractivity contribution in [2.75, 3.05) is 0 Å². The van der Waals surface area contributed by atoms with Crippen molar-refractivity contribution in [3.05, 3.63) is 23.0 Å². The number of rotatable bonds is 1. The van der Waals surface area contributed by atoms with Crippen LogP contribution in [0.2, 0.25) is 0 Å². The van der Waals surface area contributed by atoms with Crippen molar-refractivity contribution >= 4 is 11.9 Å². The minimum atomic E-state index is -0.180. The number of Topliss-reactive ketones (excluding diaryl/α,β-unsaturated/α-hetero) is 1. The van der Waals surface area contributed by atoms with E-state index in [1.54, 1.807) is 0 Å². The molecular formula is C25H36N2O2. The van der Waals surface area contributed by atoms with Gasteiger partial charge in [0.2, 0.25) is 0 Å². The molecule has 5 rings (SSSR count). The minimum absolute atomic E-state index is 0.0937. The summed E-state index contributed by atoms with van der Waals surface area (Å²) in [6, 6.07) is 0. The third kappa shape index (κ3) is 2.74. The van der Waals surface area contributed by atoms with E-state index in [0.717, 1.165) is 54.9 Å². The number of nitrogens with zero attached hydrogens (tertiary/aromatic N) is 2. The predicted molar refractivity (Wildman–Crippen MR) is 114 cm³/mol. The van der Waals surface area contributed by atoms with E-state index in [4.69, 9.17) is 0 Å². The van der Waals surface area contributed by atoms with E-state index in [2.05, 4.69) is 31.9 Å². The van der Waals surface area contributed by atoms with Crippen LogP contribution >= 0.6 is 0 Å². The molecule has 1 aromatic heterocycles. The lowest BCUT2D eigenvalue weighted by Crippen LogP contribution is -2.54. The van der Waals surface area contributed by atoms with E-state index in [-0.39, 0.29) is 11.5 Å². The Morgan fingerprint density at radius 1 is 1.17 bits per heavy atom. The van der Waals surface area contributed by atoms with Crippen molar-refractivity contribution in [3.63, 3.8) is 0 Å². The van der Waals surface area contributed by atoms with E-state index in [0.29, 0.717) is 29.0 Å². The fourth-order valence-corrected chi connectivity index (χ4v) is 7.88. The zero-order valence-corrected chi connectivity index (χ0v) is 18.4. The first kappa shape index (κ1) is 19.5. The van der Waals surface area contributed by atoms with Crippen molar-refractivity contribution < 1.29 is 9.90 Å². The molecule has 4 aliphatic carbocycles. The van der Waals surface area contributed by atoms with Gasteiger partial charge in [0.25, 0.3) is 0 Å². The maximum absolute atomic E-state index is 13.5. The van der Waals surface area contributed by atoms with Crippen LogP contribution in [0.5, 0.6) is 0 Å². The van der Waals surface area contributed by atoms with Gasteiger partial charge in [0.1, 0.15) is 0 Å². The van der Waals surface area contributed by atoms with Gasteiger partial charge in [-0.25, -0.2) is 0 Å². The van der Waals surface area contributed by atoms with Crippen LogP contribution < -0.4 is 0 Å². The molecule has 29 heavy (non-hydrogen) atoms. The Bertz CT molecular complexity index is 870. The molecule has 0 unspecified atom stereocenters. The van der Waals surface area contributed by atoms with Crippen LogP contribution in [0.15, 0.2) is 11.8 Å². The average Bonchev–Trinajstić information content (AvgIpc) is 3.14. The van der Waals surface area contributed by atoms with E-state index in [9.17, 15) is 9.90 Å². The standard InChI is InChI=1S/C25H36N2O2/c1-15-17(14-26-27(15)4)11-16-12-22-20-6-5-18-13-19(28)7-9-24(18,2)21(20)8-10-25(22,3)23(16)29/h11,14,18-22,28H,5-10,12-13H2,1-4H3/b16-11-/t18-,19+,20-,21+,22+,24-,25-/m0/s1. The average molecular weight is 397 g/mol. The molecular weight excluding hydrogens is 360 g/mol. The lowest BCUT2D eigenvalue weighted by atomic mass is 9.45. The third-order valence-corrected chi connectivity index (χ3v) is 9.88. The predicted octanol–water partition coefficient (Wildman–Crippen LogP) is 4.69. The lowest BCUT2D eigenvalue weighted by molar-refractivity contribution is -0.141. The number of hydrogen-bond donors (Lipinski definition) is 1. The van der Waals surface area contributed by atoms with Crippen molar-refractivity contribution in [2.45, 2.75) is 78.2 Å². The topological polar surface area (TPSA) is 55.1 Å². The van der Waals surface area contributed by atoms with Gasteiger partial charge < -0.3 is 5.11 Å². The summed E-state index contributed by atoms with van der Waals surface area (Å²) in [6.07, 6.45) is 12.7. The Morgan fingerprint density at radius 2 is 1.97 bits per heavy atom. The Morgan fingerprint density at radius 3 is 2.69 bits per heavy atom. The van der Waals surface area contributed by atoms with Crippen molar-refractivity contribution in [3.8, 4) is 0 Å². The molecule has 4 aliphatic rings. The SMILES string of the molecule is Cc1c(/C=C2/C[C@@H]3[C@H]4CC[C@H]5C[C@H](O)CC[C@]5(C)[C@@H]4CC[C@]3(C)C2=O)cnn1C. The number of ketones is 1. The molecule has 0 aromatic carbocycles. The number of hydrogen-bond acceptors (Lipinski definition) is 3. The number of aliphatic hydroxyl groups excluding tert-OH is 1. The summed E-state index contributed by atoms with van der Waals surface area (Å²) in [5.74, 6) is 2.94. The van der Waals surface area contributed by atoms with Crippen LogP contribution in [0.1, 0.15) is 76.5 Å². The van der Waals surface area contributed by atoms with Crippen LogP contribution in [0.4, 0.5) is 0 Å². The summed E-state index contributed by atoms with van der Waals surface area (Å²) in [6.45, 7) is 6.84. The number of fused-ring (bicyclic) bond motifs is 5. The Balaban J connectivity index is 1.46. The summed E-state index contributed by atoms with van der Waals surface area (Å²) < 4.78 is 1.89. The third-order valence-electron chi connectivity index (χ3n) is 9.88. The first-order valence-corrected chi connectivity index (χ1v) is 11.7. The second kappa shape index (κ2) is 6.54. The van der Waals surface area contributed by atoms with Gasteiger partial charge in [0.05, 0.1) is 12.3 Å². The Kier molecular flexibility index (Phi) is 4.40. The highest BCUT2D eigenvalue weighted by atomic mass is 16.3. The number of carbonyl (C=O) groups is 1. The first-order valence-electron chi connectivity index (χ1n) is 11.7. The molecule has 7 atom stereocenters. The number of carbonyl (C=O) groups excluding carboxylic acids is 1. The highest BCUT2D eigenvalue weighted by Crippen LogP contribution is 2.66. The lowest BCUT2D eigenvalue weighted by Gasteiger charge is -2.59. The molecule has 0 amide bonds. The van der Waals surface area contributed by atoms with Gasteiger partial charge >= 0.3 is 0 Å². The molecule has 4 nitrogen and oxygen atoms in total. The zero-order chi connectivity index (χ0) is 20.6. The molecule has 0 radical (unpaired) electrons. The van der Waals surface area contributed by atoms with Gasteiger partial charge in [0.15, 0.2) is 5.78 Å². The molecule has 0 saturated heterocycles. The van der Waals surface area contributed by atoms with E-state index < -0.39 is 0 Å². The summed E-state index contributed by atoms with van der Waals surface area (Å²) >= 11 is 0. The maximum atomic E-state index is 13.5. The van der Waals surface area contributed by atoms with Crippen molar-refractivity contribution in [2.24, 2.45) is 41.5 Å². The number of aromatic nitrogens is 2. The summed E-state index contributed by atoms with van der Waals surface area (Å²) in [5, 5.41) is 14.6. The van der Waals surface area contributed by atoms with Crippen molar-refractivity contribution in [1.29, 1.82) is 0 Å². The van der Waals surface area contributed by atoms with Crippen LogP contribution in [0.3, 0.4) is 0 Å². The van der Waals surface area contributed by atoms with Gasteiger partial charge in [-0.2, -0.15) is 5.10 Å². The highest BCUT2D eigenvalue weighted by molar-refractivity contribution is 6.06. The second-order valence-electron chi connectivity index (χ2n) is 11.1. The van der Waals surface area contributed by atoms with Gasteiger partial charge in [-0.1, -0.05) is 13.8 Å². The summed E-state index contributed by atoms with van der Waals surface area (Å²) in [7, 11) is 1.96. The molecule has 4 heteroatoms. The van der Waals surface area contributed by atoms with Crippen LogP contribution in [-0.2, 0) is 11.8 Å². The van der Waals surface area contributed by atoms with E-state index >= 15 is 0 Å². The Hall–Kier alpha value is -1.42. The zero-order valence-electron chi connectivity index (χ0n) is 18.4. The van der Waals surface area contributed by atoms with Gasteiger partial charge in [-0.3, -0.25) is 9.48 Å². The molecule has 1 aromatic rings. The fourth-order valence-electron chi connectivity index (χ4n) is 7.88. The highest BCUT2D eigenvalue weighted by Gasteiger charge is 2.61.